The Morgan fingerprint density at radius 2 is 2.17 bits per heavy atom. The van der Waals surface area contributed by atoms with E-state index in [1.165, 1.54) is 0 Å². The van der Waals surface area contributed by atoms with Crippen LogP contribution in [-0.4, -0.2) is 24.3 Å². The van der Waals surface area contributed by atoms with Crippen LogP contribution in [0.15, 0.2) is 27.0 Å². The summed E-state index contributed by atoms with van der Waals surface area (Å²) in [5.41, 5.74) is 7.86. The number of benzene rings is 1. The maximum Gasteiger partial charge on any atom is 0.208 e. The second-order valence-electron chi connectivity index (χ2n) is 3.84. The quantitative estimate of drug-likeness (QED) is 0.681. The fourth-order valence-electron chi connectivity index (χ4n) is 1.30. The van der Waals surface area contributed by atoms with Crippen molar-refractivity contribution in [2.24, 2.45) is 0 Å². The lowest BCUT2D eigenvalue weighted by Crippen LogP contribution is -2.07. The van der Waals surface area contributed by atoms with Crippen LogP contribution in [0.25, 0.3) is 0 Å². The third-order valence-corrected chi connectivity index (χ3v) is 5.27. The molecule has 0 fully saturated rings. The van der Waals surface area contributed by atoms with Gasteiger partial charge in [-0.3, -0.25) is 0 Å². The number of hydrogen-bond donors (Lipinski definition) is 1. The van der Waals surface area contributed by atoms with Crippen molar-refractivity contribution in [2.75, 3.05) is 24.7 Å². The molecule has 0 aliphatic carbocycles. The van der Waals surface area contributed by atoms with E-state index < -0.39 is 0 Å². The Morgan fingerprint density at radius 3 is 2.78 bits per heavy atom. The van der Waals surface area contributed by atoms with Gasteiger partial charge in [0.2, 0.25) is 5.13 Å². The van der Waals surface area contributed by atoms with Gasteiger partial charge in [-0.25, -0.2) is 0 Å². The van der Waals surface area contributed by atoms with Crippen molar-refractivity contribution in [2.45, 2.75) is 10.1 Å². The van der Waals surface area contributed by atoms with E-state index in [9.17, 15) is 0 Å². The molecule has 7 heteroatoms. The zero-order chi connectivity index (χ0) is 13.1. The van der Waals surface area contributed by atoms with Gasteiger partial charge in [0, 0.05) is 30.0 Å². The van der Waals surface area contributed by atoms with E-state index in [2.05, 4.69) is 26.1 Å². The highest BCUT2D eigenvalue weighted by Crippen LogP contribution is 2.33. The van der Waals surface area contributed by atoms with Crippen molar-refractivity contribution in [3.63, 3.8) is 0 Å². The number of hydrogen-bond acceptors (Lipinski definition) is 6. The molecule has 0 unspecified atom stereocenters. The molecule has 0 bridgehead atoms. The lowest BCUT2D eigenvalue weighted by atomic mass is 10.2. The summed E-state index contributed by atoms with van der Waals surface area (Å²) in [5, 5.41) is 9.16. The molecule has 0 spiro atoms. The van der Waals surface area contributed by atoms with Crippen LogP contribution >= 0.6 is 39.0 Å². The van der Waals surface area contributed by atoms with Crippen LogP contribution < -0.4 is 10.6 Å². The molecule has 0 radical (unpaired) electrons. The Balaban J connectivity index is 2.07. The number of aromatic nitrogens is 2. The molecule has 0 saturated heterocycles. The summed E-state index contributed by atoms with van der Waals surface area (Å²) in [6, 6.07) is 5.84. The number of thioether (sulfide) groups is 1. The SMILES string of the molecule is CN(C)c1nnc(SCc2c(N)cccc2Br)s1. The van der Waals surface area contributed by atoms with Crippen molar-refractivity contribution in [1.82, 2.24) is 10.2 Å². The van der Waals surface area contributed by atoms with Crippen LogP contribution in [-0.2, 0) is 5.75 Å². The van der Waals surface area contributed by atoms with E-state index in [1.54, 1.807) is 23.1 Å². The topological polar surface area (TPSA) is 55.0 Å². The molecule has 1 aromatic heterocycles. The van der Waals surface area contributed by atoms with Crippen LogP contribution in [0.2, 0.25) is 0 Å². The average Bonchev–Trinajstić information content (AvgIpc) is 2.77. The number of nitrogen functional groups attached to an aromatic ring is 1. The number of halogens is 1. The molecule has 0 amide bonds. The van der Waals surface area contributed by atoms with Gasteiger partial charge in [0.05, 0.1) is 0 Å². The van der Waals surface area contributed by atoms with Gasteiger partial charge in [-0.05, 0) is 17.7 Å². The zero-order valence-electron chi connectivity index (χ0n) is 10.1. The number of anilines is 2. The molecule has 0 aliphatic rings. The first-order chi connectivity index (χ1) is 8.58. The van der Waals surface area contributed by atoms with E-state index in [-0.39, 0.29) is 0 Å². The molecule has 0 atom stereocenters. The summed E-state index contributed by atoms with van der Waals surface area (Å²) in [6.07, 6.45) is 0. The highest BCUT2D eigenvalue weighted by atomic mass is 79.9. The maximum absolute atomic E-state index is 5.95. The molecule has 0 aliphatic heterocycles. The van der Waals surface area contributed by atoms with Gasteiger partial charge >= 0.3 is 0 Å². The van der Waals surface area contributed by atoms with Crippen LogP contribution in [0.1, 0.15) is 5.56 Å². The minimum absolute atomic E-state index is 0.787. The van der Waals surface area contributed by atoms with Crippen LogP contribution in [0.5, 0.6) is 0 Å². The summed E-state index contributed by atoms with van der Waals surface area (Å²) in [5.74, 6) is 0.787. The van der Waals surface area contributed by atoms with Crippen molar-refractivity contribution < 1.29 is 0 Å². The van der Waals surface area contributed by atoms with Crippen molar-refractivity contribution in [1.29, 1.82) is 0 Å². The van der Waals surface area contributed by atoms with E-state index in [1.807, 2.05) is 37.2 Å². The third-order valence-electron chi connectivity index (χ3n) is 2.27. The van der Waals surface area contributed by atoms with Gasteiger partial charge in [-0.15, -0.1) is 10.2 Å². The van der Waals surface area contributed by atoms with Gasteiger partial charge in [-0.1, -0.05) is 45.1 Å². The Bertz CT molecular complexity index is 521. The second kappa shape index (κ2) is 5.90. The fourth-order valence-corrected chi connectivity index (χ4v) is 3.84. The number of nitrogens with two attached hydrogens (primary N) is 1. The summed E-state index contributed by atoms with van der Waals surface area (Å²) in [7, 11) is 3.92. The van der Waals surface area contributed by atoms with Crippen LogP contribution in [0, 0.1) is 0 Å². The predicted octanol–water partition coefficient (Wildman–Crippen LogP) is 3.24. The summed E-state index contributed by atoms with van der Waals surface area (Å²) in [6.45, 7) is 0. The van der Waals surface area contributed by atoms with Crippen molar-refractivity contribution in [3.8, 4) is 0 Å². The van der Waals surface area contributed by atoms with Gasteiger partial charge in [0.15, 0.2) is 4.34 Å². The monoisotopic (exact) mass is 344 g/mol. The minimum atomic E-state index is 0.787. The molecule has 4 nitrogen and oxygen atoms in total. The predicted molar refractivity (Wildman–Crippen MR) is 82.4 cm³/mol. The first-order valence-electron chi connectivity index (χ1n) is 5.24. The lowest BCUT2D eigenvalue weighted by Gasteiger charge is -2.06. The first-order valence-corrected chi connectivity index (χ1v) is 7.84. The highest BCUT2D eigenvalue weighted by Gasteiger charge is 2.09. The van der Waals surface area contributed by atoms with Gasteiger partial charge in [0.1, 0.15) is 0 Å². The van der Waals surface area contributed by atoms with Crippen molar-refractivity contribution >= 4 is 49.8 Å². The van der Waals surface area contributed by atoms with E-state index in [0.717, 1.165) is 30.9 Å². The molecule has 2 rings (SSSR count). The molecular weight excluding hydrogens is 332 g/mol. The normalized spacial score (nSPS) is 10.6. The molecule has 1 aromatic carbocycles. The zero-order valence-corrected chi connectivity index (χ0v) is 13.3. The number of nitrogens with zero attached hydrogens (tertiary/aromatic N) is 3. The minimum Gasteiger partial charge on any atom is -0.398 e. The molecule has 0 saturated carbocycles. The maximum atomic E-state index is 5.95. The van der Waals surface area contributed by atoms with Crippen LogP contribution in [0.4, 0.5) is 10.8 Å². The van der Waals surface area contributed by atoms with Gasteiger partial charge < -0.3 is 10.6 Å². The Hall–Kier alpha value is -0.790. The fraction of sp³-hybridized carbons (Fsp3) is 0.273. The van der Waals surface area contributed by atoms with E-state index in [4.69, 9.17) is 5.73 Å². The molecule has 1 heterocycles. The summed E-state index contributed by atoms with van der Waals surface area (Å²) in [4.78, 5) is 1.95. The molecule has 96 valence electrons. The Labute approximate surface area is 123 Å². The third kappa shape index (κ3) is 3.15. The van der Waals surface area contributed by atoms with E-state index in [0.29, 0.717) is 0 Å². The Kier molecular flexibility index (Phi) is 4.47. The smallest absolute Gasteiger partial charge is 0.208 e. The molecular formula is C11H13BrN4S2. The Morgan fingerprint density at radius 1 is 1.39 bits per heavy atom. The van der Waals surface area contributed by atoms with Gasteiger partial charge in [0.25, 0.3) is 0 Å². The summed E-state index contributed by atoms with van der Waals surface area (Å²) < 4.78 is 1.99. The van der Waals surface area contributed by atoms with E-state index >= 15 is 0 Å². The largest absolute Gasteiger partial charge is 0.398 e. The van der Waals surface area contributed by atoms with Gasteiger partial charge in [-0.2, -0.15) is 0 Å². The molecule has 2 N–H and O–H groups in total. The van der Waals surface area contributed by atoms with Crippen molar-refractivity contribution in [3.05, 3.63) is 28.2 Å². The molecule has 2 aromatic rings. The molecule has 18 heavy (non-hydrogen) atoms. The first kappa shape index (κ1) is 13.6. The highest BCUT2D eigenvalue weighted by molar-refractivity contribution is 9.10. The standard InChI is InChI=1S/C11H13BrN4S2/c1-16(2)10-14-15-11(18-10)17-6-7-8(12)4-3-5-9(7)13/h3-5H,6,13H2,1-2H3. The number of rotatable bonds is 4. The summed E-state index contributed by atoms with van der Waals surface area (Å²) >= 11 is 6.75. The average molecular weight is 345 g/mol. The van der Waals surface area contributed by atoms with Crippen LogP contribution in [0.3, 0.4) is 0 Å². The second-order valence-corrected chi connectivity index (χ2v) is 6.87. The lowest BCUT2D eigenvalue weighted by molar-refractivity contribution is 0.972.